The Kier molecular flexibility index (Phi) is 4.67. The van der Waals surface area contributed by atoms with Crippen molar-refractivity contribution in [3.8, 4) is 0 Å². The fourth-order valence-electron chi connectivity index (χ4n) is 0.264. The quantitative estimate of drug-likeness (QED) is 0.534. The maximum atomic E-state index is 11.7. The molecule has 1 N–H and O–H groups in total. The van der Waals surface area contributed by atoms with Crippen molar-refractivity contribution < 1.29 is 31.4 Å². The van der Waals surface area contributed by atoms with Crippen LogP contribution >= 0.6 is 0 Å². The van der Waals surface area contributed by atoms with Crippen molar-refractivity contribution in [1.82, 2.24) is 0 Å². The van der Waals surface area contributed by atoms with Gasteiger partial charge in [0.2, 0.25) is 0 Å². The summed E-state index contributed by atoms with van der Waals surface area (Å²) in [5.41, 5.74) is 0. The monoisotopic (exact) mass is 205 g/mol. The summed E-state index contributed by atoms with van der Waals surface area (Å²) >= 11 is 0. The molecule has 0 fully saturated rings. The van der Waals surface area contributed by atoms with Gasteiger partial charge in [-0.1, -0.05) is 0 Å². The molecule has 0 atom stereocenters. The molecular formula is C4H4F6NaO. The SMILES string of the molecule is CC(F)(F)C(F)(F)C(O)(F)F.[Na]. The van der Waals surface area contributed by atoms with Crippen molar-refractivity contribution in [2.75, 3.05) is 0 Å². The van der Waals surface area contributed by atoms with Crippen LogP contribution in [-0.4, -0.2) is 52.6 Å². The average Bonchev–Trinajstić information content (AvgIpc) is 1.58. The number of aliphatic hydroxyl groups is 1. The Morgan fingerprint density at radius 2 is 1.17 bits per heavy atom. The molecule has 0 bridgehead atoms. The van der Waals surface area contributed by atoms with E-state index in [2.05, 4.69) is 0 Å². The first kappa shape index (κ1) is 15.0. The Morgan fingerprint density at radius 3 is 1.17 bits per heavy atom. The standard InChI is InChI=1S/C4H4F6O.Na/c1-2(5,6)3(7,8)4(9,10)11;/h11H,1H3;. The molecule has 0 aromatic carbocycles. The first-order valence-corrected chi connectivity index (χ1v) is 2.36. The smallest absolute Gasteiger partial charge is 0.331 e. The third kappa shape index (κ3) is 2.79. The zero-order valence-corrected chi connectivity index (χ0v) is 8.22. The Labute approximate surface area is 86.0 Å². The van der Waals surface area contributed by atoms with Crippen LogP contribution in [0, 0.1) is 0 Å². The molecule has 1 radical (unpaired) electrons. The molecule has 12 heavy (non-hydrogen) atoms. The average molecular weight is 205 g/mol. The Bertz CT molecular complexity index is 131. The summed E-state index contributed by atoms with van der Waals surface area (Å²) in [6.45, 7) is -0.406. The van der Waals surface area contributed by atoms with Crippen LogP contribution in [-0.2, 0) is 0 Å². The molecule has 0 aliphatic carbocycles. The second-order valence-electron chi connectivity index (χ2n) is 2.00. The minimum absolute atomic E-state index is 0. The molecule has 0 saturated carbocycles. The molecule has 8 heteroatoms. The molecule has 0 aromatic heterocycles. The van der Waals surface area contributed by atoms with Crippen LogP contribution in [0.4, 0.5) is 26.3 Å². The molecule has 0 aliphatic heterocycles. The number of halogens is 6. The number of hydrogen-bond donors (Lipinski definition) is 1. The molecule has 0 unspecified atom stereocenters. The molecule has 0 rings (SSSR count). The van der Waals surface area contributed by atoms with Crippen molar-refractivity contribution >= 4 is 29.6 Å². The van der Waals surface area contributed by atoms with Crippen LogP contribution in [0.25, 0.3) is 0 Å². The largest absolute Gasteiger partial charge is 0.423 e. The molecule has 0 heterocycles. The van der Waals surface area contributed by atoms with Crippen molar-refractivity contribution in [2.45, 2.75) is 24.9 Å². The zero-order chi connectivity index (χ0) is 9.50. The summed E-state index contributed by atoms with van der Waals surface area (Å²) in [7, 11) is 0. The maximum absolute atomic E-state index is 11.7. The summed E-state index contributed by atoms with van der Waals surface area (Å²) < 4.78 is 69.2. The second-order valence-corrected chi connectivity index (χ2v) is 2.00. The van der Waals surface area contributed by atoms with Gasteiger partial charge in [0.25, 0.3) is 0 Å². The zero-order valence-electron chi connectivity index (χ0n) is 6.22. The van der Waals surface area contributed by atoms with Gasteiger partial charge in [-0.2, -0.15) is 26.3 Å². The van der Waals surface area contributed by atoms with Gasteiger partial charge in [-0.25, -0.2) is 0 Å². The normalized spacial score (nSPS) is 14.0. The van der Waals surface area contributed by atoms with Gasteiger partial charge in [0.1, 0.15) is 0 Å². The summed E-state index contributed by atoms with van der Waals surface area (Å²) in [5.74, 6) is -10.7. The van der Waals surface area contributed by atoms with E-state index in [1.54, 1.807) is 0 Å². The molecule has 0 aromatic rings. The van der Waals surface area contributed by atoms with Gasteiger partial charge in [0.15, 0.2) is 0 Å². The van der Waals surface area contributed by atoms with Gasteiger partial charge in [0.05, 0.1) is 0 Å². The predicted molar refractivity (Wildman–Crippen MR) is 28.5 cm³/mol. The summed E-state index contributed by atoms with van der Waals surface area (Å²) in [5, 5.41) is 7.32. The van der Waals surface area contributed by atoms with E-state index < -0.39 is 24.9 Å². The van der Waals surface area contributed by atoms with E-state index >= 15 is 0 Å². The van der Waals surface area contributed by atoms with Gasteiger partial charge in [-0.3, -0.25) is 0 Å². The minimum atomic E-state index is -5.74. The topological polar surface area (TPSA) is 20.2 Å². The summed E-state index contributed by atoms with van der Waals surface area (Å²) in [6, 6.07) is 0. The molecule has 0 saturated heterocycles. The summed E-state index contributed by atoms with van der Waals surface area (Å²) in [6.07, 6.45) is -5.70. The van der Waals surface area contributed by atoms with Gasteiger partial charge in [-0.15, -0.1) is 0 Å². The van der Waals surface area contributed by atoms with E-state index in [0.717, 1.165) is 0 Å². The fraction of sp³-hybridized carbons (Fsp3) is 1.00. The Balaban J connectivity index is 0. The van der Waals surface area contributed by atoms with Crippen LogP contribution in [0.5, 0.6) is 0 Å². The minimum Gasteiger partial charge on any atom is -0.331 e. The molecule has 69 valence electrons. The van der Waals surface area contributed by atoms with Crippen LogP contribution in [0.3, 0.4) is 0 Å². The maximum Gasteiger partial charge on any atom is 0.423 e. The van der Waals surface area contributed by atoms with Gasteiger partial charge in [0, 0.05) is 36.5 Å². The van der Waals surface area contributed by atoms with E-state index in [-0.39, 0.29) is 29.6 Å². The van der Waals surface area contributed by atoms with Gasteiger partial charge in [-0.05, 0) is 0 Å². The van der Waals surface area contributed by atoms with Crippen molar-refractivity contribution in [1.29, 1.82) is 0 Å². The number of rotatable bonds is 2. The van der Waals surface area contributed by atoms with Crippen molar-refractivity contribution in [2.24, 2.45) is 0 Å². The van der Waals surface area contributed by atoms with Crippen LogP contribution in [0.2, 0.25) is 0 Å². The van der Waals surface area contributed by atoms with E-state index in [4.69, 9.17) is 5.11 Å². The molecule has 0 spiro atoms. The molecule has 1 nitrogen and oxygen atoms in total. The summed E-state index contributed by atoms with van der Waals surface area (Å²) in [4.78, 5) is 0. The molecule has 0 amide bonds. The second kappa shape index (κ2) is 3.73. The first-order chi connectivity index (χ1) is 4.50. The third-order valence-corrected chi connectivity index (χ3v) is 0.929. The Hall–Kier alpha value is 0.540. The molecular weight excluding hydrogens is 201 g/mol. The van der Waals surface area contributed by atoms with Crippen LogP contribution in [0.15, 0.2) is 0 Å². The van der Waals surface area contributed by atoms with Gasteiger partial charge < -0.3 is 5.11 Å². The number of hydrogen-bond acceptors (Lipinski definition) is 1. The van der Waals surface area contributed by atoms with Crippen LogP contribution < -0.4 is 0 Å². The third-order valence-electron chi connectivity index (χ3n) is 0.929. The fourth-order valence-corrected chi connectivity index (χ4v) is 0.264. The predicted octanol–water partition coefficient (Wildman–Crippen LogP) is 1.48. The van der Waals surface area contributed by atoms with Gasteiger partial charge >= 0.3 is 18.0 Å². The Morgan fingerprint density at radius 1 is 0.917 bits per heavy atom. The van der Waals surface area contributed by atoms with E-state index in [0.29, 0.717) is 0 Å². The van der Waals surface area contributed by atoms with Crippen molar-refractivity contribution in [3.63, 3.8) is 0 Å². The number of alkyl halides is 6. The van der Waals surface area contributed by atoms with Crippen LogP contribution in [0.1, 0.15) is 6.92 Å². The first-order valence-electron chi connectivity index (χ1n) is 2.36. The van der Waals surface area contributed by atoms with E-state index in [1.165, 1.54) is 0 Å². The van der Waals surface area contributed by atoms with Crippen molar-refractivity contribution in [3.05, 3.63) is 0 Å². The van der Waals surface area contributed by atoms with E-state index in [9.17, 15) is 26.3 Å². The molecule has 0 aliphatic rings. The van der Waals surface area contributed by atoms with E-state index in [1.807, 2.05) is 0 Å².